The van der Waals surface area contributed by atoms with Crippen LogP contribution in [0.5, 0.6) is 0 Å². The molecule has 1 aromatic heterocycles. The predicted octanol–water partition coefficient (Wildman–Crippen LogP) is 2.29. The highest BCUT2D eigenvalue weighted by molar-refractivity contribution is 5.48. The summed E-state index contributed by atoms with van der Waals surface area (Å²) in [7, 11) is 0. The first-order valence-corrected chi connectivity index (χ1v) is 4.62. The molecule has 0 unspecified atom stereocenters. The molecule has 0 amide bonds. The minimum atomic E-state index is 0.0618. The first-order valence-electron chi connectivity index (χ1n) is 4.62. The van der Waals surface area contributed by atoms with Crippen molar-refractivity contribution in [3.05, 3.63) is 31.0 Å². The van der Waals surface area contributed by atoms with Crippen LogP contribution in [0.1, 0.15) is 13.8 Å². The predicted molar refractivity (Wildman–Crippen MR) is 61.1 cm³/mol. The summed E-state index contributed by atoms with van der Waals surface area (Å²) in [5, 5.41) is 3.21. The lowest BCUT2D eigenvalue weighted by Gasteiger charge is -2.20. The number of nitrogens with zero attached hydrogens (tertiary/aromatic N) is 1. The van der Waals surface area contributed by atoms with Crippen molar-refractivity contribution in [3.63, 3.8) is 0 Å². The van der Waals surface area contributed by atoms with Crippen LogP contribution >= 0.6 is 0 Å². The van der Waals surface area contributed by atoms with Crippen LogP contribution < -0.4 is 11.1 Å². The Balaban J connectivity index is 2.58. The summed E-state index contributed by atoms with van der Waals surface area (Å²) in [6, 6.07) is 3.59. The fraction of sp³-hybridized carbons (Fsp3) is 0.364. The molecule has 0 aromatic carbocycles. The number of rotatable bonds is 4. The molecule has 0 bridgehead atoms. The van der Waals surface area contributed by atoms with Crippen LogP contribution in [0.15, 0.2) is 31.0 Å². The van der Waals surface area contributed by atoms with Gasteiger partial charge in [0.1, 0.15) is 5.82 Å². The van der Waals surface area contributed by atoms with Crippen molar-refractivity contribution < 1.29 is 0 Å². The van der Waals surface area contributed by atoms with E-state index in [9.17, 15) is 0 Å². The molecule has 0 aliphatic rings. The van der Waals surface area contributed by atoms with Crippen molar-refractivity contribution in [2.45, 2.75) is 13.8 Å². The molecule has 76 valence electrons. The Labute approximate surface area is 85.0 Å². The Bertz CT molecular complexity index is 318. The summed E-state index contributed by atoms with van der Waals surface area (Å²) in [5.74, 6) is 0.805. The number of nitrogens with two attached hydrogens (primary N) is 1. The molecule has 0 aliphatic heterocycles. The maximum absolute atomic E-state index is 5.63. The van der Waals surface area contributed by atoms with Crippen LogP contribution in [0.25, 0.3) is 0 Å². The third-order valence-corrected chi connectivity index (χ3v) is 2.06. The molecule has 0 aliphatic carbocycles. The molecule has 3 heteroatoms. The summed E-state index contributed by atoms with van der Waals surface area (Å²) in [6.45, 7) is 8.80. The van der Waals surface area contributed by atoms with Gasteiger partial charge in [-0.3, -0.25) is 0 Å². The maximum Gasteiger partial charge on any atom is 0.127 e. The molecular formula is C11H17N3. The van der Waals surface area contributed by atoms with Crippen molar-refractivity contribution in [3.8, 4) is 0 Å². The number of hydrogen-bond donors (Lipinski definition) is 2. The highest BCUT2D eigenvalue weighted by atomic mass is 15.0. The number of pyridine rings is 1. The summed E-state index contributed by atoms with van der Waals surface area (Å²) in [4.78, 5) is 4.15. The molecule has 14 heavy (non-hydrogen) atoms. The van der Waals surface area contributed by atoms with Crippen LogP contribution in [0, 0.1) is 5.41 Å². The van der Waals surface area contributed by atoms with Gasteiger partial charge in [-0.15, -0.1) is 6.58 Å². The van der Waals surface area contributed by atoms with E-state index in [1.54, 1.807) is 12.3 Å². The van der Waals surface area contributed by atoms with Gasteiger partial charge in [0.2, 0.25) is 0 Å². The average Bonchev–Trinajstić information content (AvgIpc) is 2.15. The maximum atomic E-state index is 5.63. The lowest BCUT2D eigenvalue weighted by Crippen LogP contribution is -2.20. The normalized spacial score (nSPS) is 11.0. The summed E-state index contributed by atoms with van der Waals surface area (Å²) >= 11 is 0. The number of anilines is 2. The lowest BCUT2D eigenvalue weighted by atomic mass is 9.94. The second-order valence-electron chi connectivity index (χ2n) is 4.02. The average molecular weight is 191 g/mol. The minimum Gasteiger partial charge on any atom is -0.399 e. The molecule has 1 heterocycles. The van der Waals surface area contributed by atoms with Gasteiger partial charge in [-0.1, -0.05) is 19.9 Å². The van der Waals surface area contributed by atoms with Gasteiger partial charge in [-0.25, -0.2) is 4.98 Å². The molecule has 3 N–H and O–H groups in total. The van der Waals surface area contributed by atoms with E-state index < -0.39 is 0 Å². The Morgan fingerprint density at radius 2 is 2.36 bits per heavy atom. The van der Waals surface area contributed by atoms with Crippen molar-refractivity contribution in [2.24, 2.45) is 5.41 Å². The second-order valence-corrected chi connectivity index (χ2v) is 4.02. The summed E-state index contributed by atoms with van der Waals surface area (Å²) in [6.07, 6.45) is 3.62. The zero-order valence-electron chi connectivity index (χ0n) is 8.75. The molecule has 0 radical (unpaired) electrons. The zero-order chi connectivity index (χ0) is 10.6. The molecule has 0 fully saturated rings. The van der Waals surface area contributed by atoms with Gasteiger partial charge in [-0.2, -0.15) is 0 Å². The Hall–Kier alpha value is -1.51. The molecule has 0 saturated carbocycles. The SMILES string of the molecule is C=CC(C)(C)CNc1cc(N)ccn1. The molecular weight excluding hydrogens is 174 g/mol. The van der Waals surface area contributed by atoms with Crippen molar-refractivity contribution >= 4 is 11.5 Å². The number of nitrogen functional groups attached to an aromatic ring is 1. The molecule has 0 atom stereocenters. The number of nitrogens with one attached hydrogen (secondary N) is 1. The fourth-order valence-electron chi connectivity index (χ4n) is 0.934. The molecule has 0 saturated heterocycles. The van der Waals surface area contributed by atoms with Gasteiger partial charge in [0.15, 0.2) is 0 Å². The molecule has 3 nitrogen and oxygen atoms in total. The van der Waals surface area contributed by atoms with E-state index in [4.69, 9.17) is 5.73 Å². The Morgan fingerprint density at radius 1 is 1.64 bits per heavy atom. The van der Waals surface area contributed by atoms with Gasteiger partial charge < -0.3 is 11.1 Å². The van der Waals surface area contributed by atoms with Gasteiger partial charge in [0.05, 0.1) is 0 Å². The van der Waals surface area contributed by atoms with Gasteiger partial charge >= 0.3 is 0 Å². The van der Waals surface area contributed by atoms with E-state index in [-0.39, 0.29) is 5.41 Å². The minimum absolute atomic E-state index is 0.0618. The Morgan fingerprint density at radius 3 is 2.93 bits per heavy atom. The van der Waals surface area contributed by atoms with E-state index in [2.05, 4.69) is 30.7 Å². The van der Waals surface area contributed by atoms with Gasteiger partial charge in [0.25, 0.3) is 0 Å². The second kappa shape index (κ2) is 4.13. The molecule has 0 spiro atoms. The van der Waals surface area contributed by atoms with Crippen LogP contribution in [0.2, 0.25) is 0 Å². The third-order valence-electron chi connectivity index (χ3n) is 2.06. The monoisotopic (exact) mass is 191 g/mol. The van der Waals surface area contributed by atoms with Crippen LogP contribution in [-0.2, 0) is 0 Å². The van der Waals surface area contributed by atoms with Crippen molar-refractivity contribution in [2.75, 3.05) is 17.6 Å². The van der Waals surface area contributed by atoms with Gasteiger partial charge in [0, 0.05) is 24.5 Å². The Kier molecular flexibility index (Phi) is 3.12. The summed E-state index contributed by atoms with van der Waals surface area (Å²) < 4.78 is 0. The first kappa shape index (κ1) is 10.6. The van der Waals surface area contributed by atoms with E-state index in [0.29, 0.717) is 0 Å². The molecule has 1 aromatic rings. The smallest absolute Gasteiger partial charge is 0.127 e. The topological polar surface area (TPSA) is 50.9 Å². The summed E-state index contributed by atoms with van der Waals surface area (Å²) in [5.41, 5.74) is 6.41. The van der Waals surface area contributed by atoms with E-state index >= 15 is 0 Å². The van der Waals surface area contributed by atoms with Crippen LogP contribution in [-0.4, -0.2) is 11.5 Å². The van der Waals surface area contributed by atoms with Crippen LogP contribution in [0.3, 0.4) is 0 Å². The van der Waals surface area contributed by atoms with Crippen LogP contribution in [0.4, 0.5) is 11.5 Å². The fourth-order valence-corrected chi connectivity index (χ4v) is 0.934. The largest absolute Gasteiger partial charge is 0.399 e. The highest BCUT2D eigenvalue weighted by Crippen LogP contribution is 2.17. The van der Waals surface area contributed by atoms with E-state index in [0.717, 1.165) is 18.1 Å². The van der Waals surface area contributed by atoms with E-state index in [1.165, 1.54) is 0 Å². The number of aromatic nitrogens is 1. The first-order chi connectivity index (χ1) is 6.53. The third kappa shape index (κ3) is 3.09. The van der Waals surface area contributed by atoms with Gasteiger partial charge in [-0.05, 0) is 11.5 Å². The van der Waals surface area contributed by atoms with Crippen molar-refractivity contribution in [1.82, 2.24) is 4.98 Å². The lowest BCUT2D eigenvalue weighted by molar-refractivity contribution is 0.513. The zero-order valence-corrected chi connectivity index (χ0v) is 8.75. The molecule has 1 rings (SSSR count). The number of hydrogen-bond acceptors (Lipinski definition) is 3. The standard InChI is InChI=1S/C11H17N3/c1-4-11(2,3)8-14-10-7-9(12)5-6-13-10/h4-7H,1,8H2,2-3H3,(H3,12,13,14). The van der Waals surface area contributed by atoms with E-state index in [1.807, 2.05) is 12.1 Å². The van der Waals surface area contributed by atoms with Crippen molar-refractivity contribution in [1.29, 1.82) is 0 Å². The quantitative estimate of drug-likeness (QED) is 0.718. The highest BCUT2D eigenvalue weighted by Gasteiger charge is 2.12.